The lowest BCUT2D eigenvalue weighted by Crippen LogP contribution is -2.23. The number of carboxylic acids is 1. The molecular formula is C14H18N2O6. The van der Waals surface area contributed by atoms with E-state index in [2.05, 4.69) is 10.3 Å². The Kier molecular flexibility index (Phi) is 7.00. The Bertz CT molecular complexity index is 554. The van der Waals surface area contributed by atoms with Gasteiger partial charge in [0, 0.05) is 20.3 Å². The molecule has 0 saturated heterocycles. The number of hydrogen-bond acceptors (Lipinski definition) is 6. The number of aliphatic carboxylic acids is 1. The van der Waals surface area contributed by atoms with Crippen LogP contribution in [0.25, 0.3) is 6.08 Å². The molecule has 0 atom stereocenters. The van der Waals surface area contributed by atoms with Crippen LogP contribution in [0.15, 0.2) is 18.2 Å². The van der Waals surface area contributed by atoms with Crippen LogP contribution in [0, 0.1) is 0 Å². The number of nitrogens with zero attached hydrogens (tertiary/aromatic N) is 1. The molecule has 0 aliphatic rings. The molecule has 0 bridgehead atoms. The highest BCUT2D eigenvalue weighted by Gasteiger charge is 2.14. The third-order valence-corrected chi connectivity index (χ3v) is 2.62. The third-order valence-electron chi connectivity index (χ3n) is 2.62. The number of anilines is 1. The summed E-state index contributed by atoms with van der Waals surface area (Å²) in [7, 11) is 4.27. The van der Waals surface area contributed by atoms with Crippen molar-refractivity contribution in [1.29, 1.82) is 0 Å². The van der Waals surface area contributed by atoms with E-state index in [4.69, 9.17) is 19.3 Å². The molecule has 8 nitrogen and oxygen atoms in total. The van der Waals surface area contributed by atoms with Gasteiger partial charge in [-0.3, -0.25) is 4.79 Å². The maximum atomic E-state index is 11.9. The topological polar surface area (TPSA) is 107 Å². The van der Waals surface area contributed by atoms with Crippen molar-refractivity contribution in [1.82, 2.24) is 4.98 Å². The van der Waals surface area contributed by atoms with Gasteiger partial charge in [0.15, 0.2) is 6.29 Å². The molecule has 1 rings (SSSR count). The van der Waals surface area contributed by atoms with E-state index in [0.717, 1.165) is 6.08 Å². The van der Waals surface area contributed by atoms with Gasteiger partial charge in [-0.1, -0.05) is 0 Å². The van der Waals surface area contributed by atoms with E-state index in [1.807, 2.05) is 0 Å². The fourth-order valence-corrected chi connectivity index (χ4v) is 1.57. The van der Waals surface area contributed by atoms with Crippen LogP contribution in [0.4, 0.5) is 5.69 Å². The molecule has 2 N–H and O–H groups in total. The van der Waals surface area contributed by atoms with E-state index in [1.54, 1.807) is 12.1 Å². The second kappa shape index (κ2) is 8.75. The van der Waals surface area contributed by atoms with Gasteiger partial charge in [0.1, 0.15) is 5.69 Å². The molecule has 0 aromatic carbocycles. The van der Waals surface area contributed by atoms with E-state index >= 15 is 0 Å². The summed E-state index contributed by atoms with van der Waals surface area (Å²) in [4.78, 5) is 26.4. The van der Waals surface area contributed by atoms with Crippen molar-refractivity contribution in [2.75, 3.05) is 26.6 Å². The van der Waals surface area contributed by atoms with Crippen molar-refractivity contribution in [3.63, 3.8) is 0 Å². The lowest BCUT2D eigenvalue weighted by Gasteiger charge is -2.14. The van der Waals surface area contributed by atoms with Gasteiger partial charge in [-0.05, 0) is 18.2 Å². The molecule has 0 fully saturated rings. The number of hydrogen-bond donors (Lipinski definition) is 2. The molecule has 8 heteroatoms. The van der Waals surface area contributed by atoms with Gasteiger partial charge >= 0.3 is 5.97 Å². The molecule has 0 saturated carbocycles. The standard InChI is InChI=1S/C14H18N2O6/c1-20-13(21-2)8-11(17)16-10-6-4-9(5-7-12(18)19)15-14(10)22-3/h4-7,13H,8H2,1-3H3,(H,16,17)(H,18,19)/b7-5+. The fraction of sp³-hybridized carbons (Fsp3) is 0.357. The summed E-state index contributed by atoms with van der Waals surface area (Å²) in [5, 5.41) is 11.2. The molecule has 1 amide bonds. The molecule has 0 aliphatic carbocycles. The van der Waals surface area contributed by atoms with Crippen LogP contribution in [0.2, 0.25) is 0 Å². The SMILES string of the molecule is COc1nc(/C=C/C(=O)O)ccc1NC(=O)CC(OC)OC. The maximum absolute atomic E-state index is 11.9. The zero-order valence-corrected chi connectivity index (χ0v) is 12.5. The van der Waals surface area contributed by atoms with Gasteiger partial charge in [0.05, 0.1) is 19.2 Å². The molecule has 0 aliphatic heterocycles. The summed E-state index contributed by atoms with van der Waals surface area (Å²) in [6, 6.07) is 3.13. The summed E-state index contributed by atoms with van der Waals surface area (Å²) in [5.41, 5.74) is 0.759. The average Bonchev–Trinajstić information content (AvgIpc) is 2.51. The van der Waals surface area contributed by atoms with Gasteiger partial charge in [-0.2, -0.15) is 0 Å². The van der Waals surface area contributed by atoms with Crippen molar-refractivity contribution in [3.05, 3.63) is 23.9 Å². The Labute approximate surface area is 127 Å². The van der Waals surface area contributed by atoms with Crippen LogP contribution < -0.4 is 10.1 Å². The number of pyridine rings is 1. The number of carbonyl (C=O) groups excluding carboxylic acids is 1. The molecule has 0 unspecified atom stereocenters. The lowest BCUT2D eigenvalue weighted by molar-refractivity contribution is -0.135. The number of carboxylic acid groups (broad SMARTS) is 1. The molecular weight excluding hydrogens is 292 g/mol. The first-order valence-corrected chi connectivity index (χ1v) is 6.31. The second-order valence-electron chi connectivity index (χ2n) is 4.12. The summed E-state index contributed by atoms with van der Waals surface area (Å²) < 4.78 is 15.0. The molecule has 1 aromatic rings. The second-order valence-corrected chi connectivity index (χ2v) is 4.12. The predicted octanol–water partition coefficient (Wildman–Crippen LogP) is 1.14. The normalized spacial score (nSPS) is 10.9. The monoisotopic (exact) mass is 310 g/mol. The minimum atomic E-state index is -1.08. The summed E-state index contributed by atoms with van der Waals surface area (Å²) in [5.74, 6) is -1.24. The third kappa shape index (κ3) is 5.51. The number of aromatic nitrogens is 1. The number of ether oxygens (including phenoxy) is 3. The van der Waals surface area contributed by atoms with Crippen LogP contribution in [-0.2, 0) is 19.1 Å². The molecule has 0 spiro atoms. The summed E-state index contributed by atoms with van der Waals surface area (Å²) in [6.45, 7) is 0. The number of carbonyl (C=O) groups is 2. The Morgan fingerprint density at radius 1 is 1.32 bits per heavy atom. The van der Waals surface area contributed by atoms with Gasteiger partial charge < -0.3 is 24.6 Å². The Hall–Kier alpha value is -2.45. The lowest BCUT2D eigenvalue weighted by atomic mass is 10.3. The highest BCUT2D eigenvalue weighted by atomic mass is 16.7. The van der Waals surface area contributed by atoms with Crippen LogP contribution in [0.5, 0.6) is 5.88 Å². The van der Waals surface area contributed by atoms with Crippen molar-refractivity contribution in [3.8, 4) is 5.88 Å². The van der Waals surface area contributed by atoms with Gasteiger partial charge in [-0.15, -0.1) is 0 Å². The number of methoxy groups -OCH3 is 3. The van der Waals surface area contributed by atoms with Crippen LogP contribution in [0.1, 0.15) is 12.1 Å². The maximum Gasteiger partial charge on any atom is 0.328 e. The van der Waals surface area contributed by atoms with E-state index in [0.29, 0.717) is 11.4 Å². The van der Waals surface area contributed by atoms with Gasteiger partial charge in [-0.25, -0.2) is 9.78 Å². The average molecular weight is 310 g/mol. The highest BCUT2D eigenvalue weighted by Crippen LogP contribution is 2.22. The summed E-state index contributed by atoms with van der Waals surface area (Å²) >= 11 is 0. The molecule has 22 heavy (non-hydrogen) atoms. The largest absolute Gasteiger partial charge is 0.479 e. The highest BCUT2D eigenvalue weighted by molar-refractivity contribution is 5.92. The van der Waals surface area contributed by atoms with Crippen LogP contribution >= 0.6 is 0 Å². The first kappa shape index (κ1) is 17.6. The van der Waals surface area contributed by atoms with E-state index in [1.165, 1.54) is 27.4 Å². The van der Waals surface area contributed by atoms with Crippen molar-refractivity contribution in [2.45, 2.75) is 12.7 Å². The number of rotatable bonds is 8. The van der Waals surface area contributed by atoms with Crippen LogP contribution in [-0.4, -0.2) is 49.6 Å². The molecule has 1 aromatic heterocycles. The Morgan fingerprint density at radius 3 is 2.55 bits per heavy atom. The first-order valence-electron chi connectivity index (χ1n) is 6.31. The fourth-order valence-electron chi connectivity index (χ4n) is 1.57. The van der Waals surface area contributed by atoms with Crippen molar-refractivity contribution in [2.24, 2.45) is 0 Å². The zero-order valence-electron chi connectivity index (χ0n) is 12.5. The smallest absolute Gasteiger partial charge is 0.328 e. The van der Waals surface area contributed by atoms with E-state index in [-0.39, 0.29) is 18.2 Å². The van der Waals surface area contributed by atoms with Crippen LogP contribution in [0.3, 0.4) is 0 Å². The van der Waals surface area contributed by atoms with Crippen molar-refractivity contribution < 1.29 is 28.9 Å². The Balaban J connectivity index is 2.82. The number of amides is 1. The quantitative estimate of drug-likeness (QED) is 0.547. The Morgan fingerprint density at radius 2 is 2.00 bits per heavy atom. The first-order chi connectivity index (χ1) is 10.5. The summed E-state index contributed by atoms with van der Waals surface area (Å²) in [6.07, 6.45) is 1.65. The molecule has 0 radical (unpaired) electrons. The minimum Gasteiger partial charge on any atom is -0.479 e. The zero-order chi connectivity index (χ0) is 16.5. The number of nitrogens with one attached hydrogen (secondary N) is 1. The minimum absolute atomic E-state index is 0.0107. The van der Waals surface area contributed by atoms with E-state index in [9.17, 15) is 9.59 Å². The van der Waals surface area contributed by atoms with Gasteiger partial charge in [0.25, 0.3) is 0 Å². The van der Waals surface area contributed by atoms with Gasteiger partial charge in [0.2, 0.25) is 11.8 Å². The van der Waals surface area contributed by atoms with E-state index < -0.39 is 12.3 Å². The molecule has 1 heterocycles. The predicted molar refractivity (Wildman–Crippen MR) is 78.5 cm³/mol. The van der Waals surface area contributed by atoms with Crippen molar-refractivity contribution >= 4 is 23.6 Å². The molecule has 120 valence electrons.